The average Bonchev–Trinajstić information content (AvgIpc) is 2.61. The minimum Gasteiger partial charge on any atom is -0.355 e. The van der Waals surface area contributed by atoms with Crippen molar-refractivity contribution in [3.05, 3.63) is 0 Å². The summed E-state index contributed by atoms with van der Waals surface area (Å²) < 4.78 is 0. The van der Waals surface area contributed by atoms with E-state index in [2.05, 4.69) is 17.6 Å². The summed E-state index contributed by atoms with van der Waals surface area (Å²) in [5.41, 5.74) is 0. The van der Waals surface area contributed by atoms with Crippen molar-refractivity contribution in [3.8, 4) is 0 Å². The Morgan fingerprint density at radius 3 is 2.47 bits per heavy atom. The SMILES string of the molecule is CCCNC(=O)C(C)NCC1CCCCCC1. The average molecular weight is 240 g/mol. The summed E-state index contributed by atoms with van der Waals surface area (Å²) in [5, 5.41) is 6.31. The molecular formula is C14H28N2O. The first-order valence-corrected chi connectivity index (χ1v) is 7.25. The van der Waals surface area contributed by atoms with Gasteiger partial charge in [-0.2, -0.15) is 0 Å². The fraction of sp³-hybridized carbons (Fsp3) is 0.929. The molecule has 1 atom stereocenters. The van der Waals surface area contributed by atoms with Gasteiger partial charge >= 0.3 is 0 Å². The summed E-state index contributed by atoms with van der Waals surface area (Å²) >= 11 is 0. The molecule has 0 aromatic rings. The van der Waals surface area contributed by atoms with Crippen LogP contribution in [0.15, 0.2) is 0 Å². The van der Waals surface area contributed by atoms with Crippen LogP contribution < -0.4 is 10.6 Å². The summed E-state index contributed by atoms with van der Waals surface area (Å²) in [6, 6.07) is -0.0511. The lowest BCUT2D eigenvalue weighted by Gasteiger charge is -2.19. The molecule has 0 bridgehead atoms. The summed E-state index contributed by atoms with van der Waals surface area (Å²) in [7, 11) is 0. The third kappa shape index (κ3) is 6.06. The zero-order chi connectivity index (χ0) is 12.5. The van der Waals surface area contributed by atoms with Crippen LogP contribution in [0.25, 0.3) is 0 Å². The largest absolute Gasteiger partial charge is 0.355 e. The zero-order valence-electron chi connectivity index (χ0n) is 11.4. The van der Waals surface area contributed by atoms with E-state index in [1.54, 1.807) is 0 Å². The molecule has 2 N–H and O–H groups in total. The quantitative estimate of drug-likeness (QED) is 0.700. The van der Waals surface area contributed by atoms with E-state index in [4.69, 9.17) is 0 Å². The van der Waals surface area contributed by atoms with Crippen molar-refractivity contribution in [1.82, 2.24) is 10.6 Å². The zero-order valence-corrected chi connectivity index (χ0v) is 11.4. The minimum absolute atomic E-state index is 0.0511. The second-order valence-electron chi connectivity index (χ2n) is 5.28. The number of hydrogen-bond donors (Lipinski definition) is 2. The third-order valence-electron chi connectivity index (χ3n) is 3.63. The van der Waals surface area contributed by atoms with Gasteiger partial charge < -0.3 is 10.6 Å². The van der Waals surface area contributed by atoms with Crippen LogP contribution in [0.1, 0.15) is 58.8 Å². The number of amides is 1. The standard InChI is InChI=1S/C14H28N2O/c1-3-10-15-14(17)12(2)16-11-13-8-6-4-5-7-9-13/h12-13,16H,3-11H2,1-2H3,(H,15,17). The van der Waals surface area contributed by atoms with Crippen LogP contribution in [-0.2, 0) is 4.79 Å². The van der Waals surface area contributed by atoms with E-state index in [-0.39, 0.29) is 11.9 Å². The van der Waals surface area contributed by atoms with E-state index in [1.807, 2.05) is 6.92 Å². The molecule has 3 nitrogen and oxygen atoms in total. The topological polar surface area (TPSA) is 41.1 Å². The maximum Gasteiger partial charge on any atom is 0.236 e. The van der Waals surface area contributed by atoms with Crippen molar-refractivity contribution in [1.29, 1.82) is 0 Å². The lowest BCUT2D eigenvalue weighted by Crippen LogP contribution is -2.44. The smallest absolute Gasteiger partial charge is 0.236 e. The first kappa shape index (κ1) is 14.5. The Morgan fingerprint density at radius 1 is 1.24 bits per heavy atom. The van der Waals surface area contributed by atoms with E-state index in [0.29, 0.717) is 0 Å². The molecular weight excluding hydrogens is 212 g/mol. The molecule has 0 aromatic heterocycles. The fourth-order valence-electron chi connectivity index (χ4n) is 2.41. The molecule has 3 heteroatoms. The summed E-state index contributed by atoms with van der Waals surface area (Å²) in [5.74, 6) is 0.916. The van der Waals surface area contributed by atoms with Gasteiger partial charge in [-0.1, -0.05) is 32.6 Å². The van der Waals surface area contributed by atoms with Gasteiger partial charge in [0.15, 0.2) is 0 Å². The van der Waals surface area contributed by atoms with Crippen LogP contribution in [-0.4, -0.2) is 25.0 Å². The van der Waals surface area contributed by atoms with Crippen molar-refractivity contribution >= 4 is 5.91 Å². The maximum absolute atomic E-state index is 11.7. The highest BCUT2D eigenvalue weighted by Gasteiger charge is 2.16. The summed E-state index contributed by atoms with van der Waals surface area (Å²) in [6.07, 6.45) is 9.17. The van der Waals surface area contributed by atoms with Crippen LogP contribution in [0.4, 0.5) is 0 Å². The van der Waals surface area contributed by atoms with Crippen molar-refractivity contribution in [2.45, 2.75) is 64.8 Å². The van der Waals surface area contributed by atoms with E-state index in [9.17, 15) is 4.79 Å². The second kappa shape index (κ2) is 8.51. The van der Waals surface area contributed by atoms with Gasteiger partial charge in [-0.05, 0) is 38.6 Å². The molecule has 0 spiro atoms. The number of carbonyl (C=O) groups is 1. The molecule has 1 fully saturated rings. The van der Waals surface area contributed by atoms with Gasteiger partial charge in [0, 0.05) is 6.54 Å². The molecule has 1 aliphatic rings. The number of hydrogen-bond acceptors (Lipinski definition) is 2. The van der Waals surface area contributed by atoms with Crippen LogP contribution in [0.3, 0.4) is 0 Å². The Morgan fingerprint density at radius 2 is 1.88 bits per heavy atom. The van der Waals surface area contributed by atoms with Crippen LogP contribution in [0.2, 0.25) is 0 Å². The van der Waals surface area contributed by atoms with Crippen molar-refractivity contribution in [2.75, 3.05) is 13.1 Å². The lowest BCUT2D eigenvalue weighted by atomic mass is 10.0. The van der Waals surface area contributed by atoms with Gasteiger partial charge in [-0.3, -0.25) is 4.79 Å². The Kier molecular flexibility index (Phi) is 7.25. The van der Waals surface area contributed by atoms with Crippen LogP contribution in [0.5, 0.6) is 0 Å². The molecule has 1 unspecified atom stereocenters. The van der Waals surface area contributed by atoms with Gasteiger partial charge in [0.25, 0.3) is 0 Å². The Balaban J connectivity index is 2.17. The van der Waals surface area contributed by atoms with Crippen LogP contribution in [0, 0.1) is 5.92 Å². The first-order chi connectivity index (χ1) is 8.24. The normalized spacial score (nSPS) is 19.6. The van der Waals surface area contributed by atoms with E-state index in [1.165, 1.54) is 38.5 Å². The highest BCUT2D eigenvalue weighted by molar-refractivity contribution is 5.81. The number of carbonyl (C=O) groups excluding carboxylic acids is 1. The van der Waals surface area contributed by atoms with Crippen molar-refractivity contribution < 1.29 is 4.79 Å². The maximum atomic E-state index is 11.7. The molecule has 0 saturated heterocycles. The molecule has 17 heavy (non-hydrogen) atoms. The monoisotopic (exact) mass is 240 g/mol. The molecule has 1 saturated carbocycles. The molecule has 100 valence electrons. The molecule has 0 radical (unpaired) electrons. The predicted molar refractivity (Wildman–Crippen MR) is 72.0 cm³/mol. The molecule has 1 amide bonds. The van der Waals surface area contributed by atoms with Gasteiger partial charge in [-0.25, -0.2) is 0 Å². The van der Waals surface area contributed by atoms with E-state index < -0.39 is 0 Å². The van der Waals surface area contributed by atoms with Crippen molar-refractivity contribution in [2.24, 2.45) is 5.92 Å². The van der Waals surface area contributed by atoms with Gasteiger partial charge in [0.05, 0.1) is 6.04 Å². The van der Waals surface area contributed by atoms with Crippen LogP contribution >= 0.6 is 0 Å². The highest BCUT2D eigenvalue weighted by Crippen LogP contribution is 2.22. The molecule has 0 aliphatic heterocycles. The molecule has 1 rings (SSSR count). The highest BCUT2D eigenvalue weighted by atomic mass is 16.2. The van der Waals surface area contributed by atoms with E-state index >= 15 is 0 Å². The van der Waals surface area contributed by atoms with Gasteiger partial charge in [0.1, 0.15) is 0 Å². The molecule has 0 aromatic carbocycles. The van der Waals surface area contributed by atoms with Crippen molar-refractivity contribution in [3.63, 3.8) is 0 Å². The summed E-state index contributed by atoms with van der Waals surface area (Å²) in [4.78, 5) is 11.7. The fourth-order valence-corrected chi connectivity index (χ4v) is 2.41. The minimum atomic E-state index is -0.0511. The number of rotatable bonds is 6. The van der Waals surface area contributed by atoms with Gasteiger partial charge in [-0.15, -0.1) is 0 Å². The Labute approximate surface area is 106 Å². The summed E-state index contributed by atoms with van der Waals surface area (Å²) in [6.45, 7) is 5.82. The molecule has 1 aliphatic carbocycles. The Bertz CT molecular complexity index is 210. The first-order valence-electron chi connectivity index (χ1n) is 7.25. The second-order valence-corrected chi connectivity index (χ2v) is 5.28. The Hall–Kier alpha value is -0.570. The number of nitrogens with one attached hydrogen (secondary N) is 2. The van der Waals surface area contributed by atoms with E-state index in [0.717, 1.165) is 25.4 Å². The lowest BCUT2D eigenvalue weighted by molar-refractivity contribution is -0.122. The third-order valence-corrected chi connectivity index (χ3v) is 3.63. The van der Waals surface area contributed by atoms with Gasteiger partial charge in [0.2, 0.25) is 5.91 Å². The predicted octanol–water partition coefficient (Wildman–Crippen LogP) is 2.46. The molecule has 0 heterocycles.